The molecule has 0 unspecified atom stereocenters. The molecule has 0 aliphatic heterocycles. The maximum atomic E-state index is 12.7. The number of fused-ring (bicyclic) bond motifs is 1. The van der Waals surface area contributed by atoms with Gasteiger partial charge in [-0.25, -0.2) is 4.98 Å². The second-order valence-electron chi connectivity index (χ2n) is 6.86. The highest BCUT2D eigenvalue weighted by Crippen LogP contribution is 2.27. The first-order chi connectivity index (χ1) is 12.6. The van der Waals surface area contributed by atoms with E-state index in [1.54, 1.807) is 11.3 Å². The van der Waals surface area contributed by atoms with Crippen molar-refractivity contribution in [3.8, 4) is 0 Å². The van der Waals surface area contributed by atoms with Crippen LogP contribution in [-0.4, -0.2) is 33.1 Å². The van der Waals surface area contributed by atoms with Crippen molar-refractivity contribution in [2.45, 2.75) is 44.8 Å². The Labute approximate surface area is 156 Å². The van der Waals surface area contributed by atoms with Crippen molar-refractivity contribution in [1.82, 2.24) is 15.3 Å². The van der Waals surface area contributed by atoms with Crippen LogP contribution in [0.2, 0.25) is 0 Å². The Bertz CT molecular complexity index is 936. The second-order valence-corrected chi connectivity index (χ2v) is 7.78. The summed E-state index contributed by atoms with van der Waals surface area (Å²) in [7, 11) is 0. The summed E-state index contributed by atoms with van der Waals surface area (Å²) in [4.78, 5) is 21.5. The third kappa shape index (κ3) is 3.48. The fourth-order valence-electron chi connectivity index (χ4n) is 3.45. The Morgan fingerprint density at radius 3 is 2.96 bits per heavy atom. The van der Waals surface area contributed by atoms with E-state index in [4.69, 9.17) is 0 Å². The lowest BCUT2D eigenvalue weighted by atomic mass is 10.1. The molecule has 1 aliphatic carbocycles. The first-order valence-electron chi connectivity index (χ1n) is 8.88. The second kappa shape index (κ2) is 7.13. The van der Waals surface area contributed by atoms with E-state index >= 15 is 0 Å². The van der Waals surface area contributed by atoms with E-state index in [1.165, 1.54) is 0 Å². The number of aryl methyl sites for hydroxylation is 1. The van der Waals surface area contributed by atoms with E-state index in [2.05, 4.69) is 21.4 Å². The highest BCUT2D eigenvalue weighted by Gasteiger charge is 2.27. The first kappa shape index (κ1) is 17.1. The zero-order valence-electron chi connectivity index (χ0n) is 14.6. The lowest BCUT2D eigenvalue weighted by Gasteiger charge is -2.16. The number of pyridine rings is 2. The molecule has 3 aromatic rings. The van der Waals surface area contributed by atoms with Crippen molar-refractivity contribution in [2.75, 3.05) is 0 Å². The molecular formula is C20H21N3O2S. The van der Waals surface area contributed by atoms with E-state index in [-0.39, 0.29) is 11.9 Å². The Kier molecular flexibility index (Phi) is 4.70. The number of carbonyl (C=O) groups excluding carboxylic acids is 1. The highest BCUT2D eigenvalue weighted by molar-refractivity contribution is 7.17. The number of nitrogens with one attached hydrogen (secondary N) is 1. The average molecular weight is 367 g/mol. The highest BCUT2D eigenvalue weighted by atomic mass is 32.1. The third-order valence-electron chi connectivity index (χ3n) is 4.88. The number of aromatic nitrogens is 2. The lowest BCUT2D eigenvalue weighted by Crippen LogP contribution is -2.40. The lowest BCUT2D eigenvalue weighted by molar-refractivity contribution is 0.0868. The minimum Gasteiger partial charge on any atom is -0.391 e. The molecular weight excluding hydrogens is 346 g/mol. The minimum absolute atomic E-state index is 0.174. The van der Waals surface area contributed by atoms with Crippen LogP contribution >= 0.6 is 11.3 Å². The van der Waals surface area contributed by atoms with E-state index < -0.39 is 6.10 Å². The van der Waals surface area contributed by atoms with Crippen LogP contribution in [-0.2, 0) is 6.42 Å². The van der Waals surface area contributed by atoms with Gasteiger partial charge in [0.1, 0.15) is 5.69 Å². The molecule has 3 aromatic heterocycles. The van der Waals surface area contributed by atoms with Crippen LogP contribution in [0.3, 0.4) is 0 Å². The normalized spacial score (nSPS) is 19.8. The van der Waals surface area contributed by atoms with Crippen LogP contribution in [0.4, 0.5) is 0 Å². The monoisotopic (exact) mass is 367 g/mol. The van der Waals surface area contributed by atoms with Crippen molar-refractivity contribution in [3.05, 3.63) is 58.4 Å². The smallest absolute Gasteiger partial charge is 0.270 e. The molecule has 2 N–H and O–H groups in total. The van der Waals surface area contributed by atoms with E-state index in [1.807, 2.05) is 36.7 Å². The van der Waals surface area contributed by atoms with Crippen molar-refractivity contribution < 1.29 is 9.90 Å². The zero-order chi connectivity index (χ0) is 18.1. The number of hydrogen-bond donors (Lipinski definition) is 2. The molecule has 0 radical (unpaired) electrons. The van der Waals surface area contributed by atoms with Gasteiger partial charge < -0.3 is 10.4 Å². The van der Waals surface area contributed by atoms with Gasteiger partial charge in [0.05, 0.1) is 22.4 Å². The number of aliphatic hydroxyl groups excluding tert-OH is 1. The predicted octanol–water partition coefficient (Wildman–Crippen LogP) is 3.23. The Morgan fingerprint density at radius 1 is 1.35 bits per heavy atom. The van der Waals surface area contributed by atoms with E-state index in [0.717, 1.165) is 46.3 Å². The maximum absolute atomic E-state index is 12.7. The van der Waals surface area contributed by atoms with E-state index in [0.29, 0.717) is 12.1 Å². The van der Waals surface area contributed by atoms with Crippen molar-refractivity contribution in [2.24, 2.45) is 0 Å². The first-order valence-corrected chi connectivity index (χ1v) is 9.76. The van der Waals surface area contributed by atoms with Gasteiger partial charge in [-0.3, -0.25) is 9.78 Å². The maximum Gasteiger partial charge on any atom is 0.270 e. The van der Waals surface area contributed by atoms with Crippen LogP contribution < -0.4 is 5.32 Å². The quantitative estimate of drug-likeness (QED) is 0.742. The van der Waals surface area contributed by atoms with Crippen LogP contribution in [0, 0.1) is 6.92 Å². The van der Waals surface area contributed by atoms with Gasteiger partial charge in [-0.05, 0) is 60.9 Å². The molecule has 26 heavy (non-hydrogen) atoms. The molecule has 1 aliphatic rings. The van der Waals surface area contributed by atoms with E-state index in [9.17, 15) is 9.90 Å². The number of thiophene rings is 1. The summed E-state index contributed by atoms with van der Waals surface area (Å²) < 4.78 is 1.10. The van der Waals surface area contributed by atoms with Gasteiger partial charge in [0.15, 0.2) is 0 Å². The summed E-state index contributed by atoms with van der Waals surface area (Å²) in [6.45, 7) is 1.97. The summed E-state index contributed by atoms with van der Waals surface area (Å²) in [5.41, 5.74) is 4.41. The Hall–Kier alpha value is -2.31. The van der Waals surface area contributed by atoms with Gasteiger partial charge in [-0.1, -0.05) is 6.07 Å². The van der Waals surface area contributed by atoms with Crippen molar-refractivity contribution >= 4 is 27.5 Å². The predicted molar refractivity (Wildman–Crippen MR) is 103 cm³/mol. The van der Waals surface area contributed by atoms with Crippen LogP contribution in [0.1, 0.15) is 46.6 Å². The number of hydrogen-bond acceptors (Lipinski definition) is 5. The van der Waals surface area contributed by atoms with Crippen molar-refractivity contribution in [3.63, 3.8) is 0 Å². The van der Waals surface area contributed by atoms with Gasteiger partial charge in [0.2, 0.25) is 0 Å². The molecule has 1 amide bonds. The molecule has 0 bridgehead atoms. The largest absolute Gasteiger partial charge is 0.391 e. The topological polar surface area (TPSA) is 75.1 Å². The average Bonchev–Trinajstić information content (AvgIpc) is 3.26. The molecule has 0 spiro atoms. The molecule has 4 rings (SSSR count). The van der Waals surface area contributed by atoms with Gasteiger partial charge >= 0.3 is 0 Å². The number of carbonyl (C=O) groups is 1. The molecule has 0 saturated heterocycles. The molecule has 5 nitrogen and oxygen atoms in total. The fourth-order valence-corrected chi connectivity index (χ4v) is 4.30. The van der Waals surface area contributed by atoms with Gasteiger partial charge in [0, 0.05) is 18.3 Å². The minimum atomic E-state index is -0.457. The van der Waals surface area contributed by atoms with Crippen LogP contribution in [0.25, 0.3) is 10.2 Å². The number of nitrogens with zero attached hydrogens (tertiary/aromatic N) is 2. The number of aliphatic hydroxyl groups is 1. The van der Waals surface area contributed by atoms with Crippen molar-refractivity contribution in [1.29, 1.82) is 0 Å². The third-order valence-corrected chi connectivity index (χ3v) is 5.86. The van der Waals surface area contributed by atoms with Gasteiger partial charge in [-0.15, -0.1) is 11.3 Å². The Morgan fingerprint density at radius 2 is 2.23 bits per heavy atom. The summed E-state index contributed by atoms with van der Waals surface area (Å²) in [5.74, 6) is -0.215. The summed E-state index contributed by atoms with van der Waals surface area (Å²) in [6, 6.07) is 7.70. The fraction of sp³-hybridized carbons (Fsp3) is 0.350. The Balaban J connectivity index is 1.63. The number of rotatable bonds is 4. The summed E-state index contributed by atoms with van der Waals surface area (Å²) in [6.07, 6.45) is 4.63. The molecule has 2 atom stereocenters. The molecule has 1 saturated carbocycles. The molecule has 6 heteroatoms. The molecule has 0 aromatic carbocycles. The zero-order valence-corrected chi connectivity index (χ0v) is 15.4. The molecule has 1 fully saturated rings. The summed E-state index contributed by atoms with van der Waals surface area (Å²) in [5, 5.41) is 14.9. The standard InChI is InChI=1S/C20H21N3O2S/c1-12-5-6-13(11-21-12)9-14-10-17(22-16-7-8-26-19(14)16)20(25)23-15-3-2-4-18(15)24/h5-8,10-11,15,18,24H,2-4,9H2,1H3,(H,23,25)/t15-,18-/m0/s1. The van der Waals surface area contributed by atoms with Gasteiger partial charge in [-0.2, -0.15) is 0 Å². The SMILES string of the molecule is Cc1ccc(Cc2cc(C(=O)N[C@H]3CCC[C@@H]3O)nc3ccsc23)cn1. The van der Waals surface area contributed by atoms with Gasteiger partial charge in [0.25, 0.3) is 5.91 Å². The summed E-state index contributed by atoms with van der Waals surface area (Å²) >= 11 is 1.64. The number of amides is 1. The van der Waals surface area contributed by atoms with Crippen LogP contribution in [0.15, 0.2) is 35.8 Å². The van der Waals surface area contributed by atoms with Crippen LogP contribution in [0.5, 0.6) is 0 Å². The molecule has 3 heterocycles. The molecule has 134 valence electrons.